The number of carbonyl (C=O) groups excluding carboxylic acids is 1. The van der Waals surface area contributed by atoms with Gasteiger partial charge in [0.05, 0.1) is 15.9 Å². The van der Waals surface area contributed by atoms with Crippen LogP contribution in [0.2, 0.25) is 0 Å². The minimum absolute atomic E-state index is 0.0148. The highest BCUT2D eigenvalue weighted by molar-refractivity contribution is 5.75. The number of hydrogen-bond donors (Lipinski definition) is 2. The van der Waals surface area contributed by atoms with Crippen molar-refractivity contribution in [1.29, 1.82) is 0 Å². The van der Waals surface area contributed by atoms with E-state index in [0.29, 0.717) is 25.9 Å². The first-order valence-electron chi connectivity index (χ1n) is 6.89. The smallest absolute Gasteiger partial charge is 0.299 e. The topological polar surface area (TPSA) is 127 Å². The van der Waals surface area contributed by atoms with Crippen LogP contribution < -0.4 is 10.6 Å². The van der Waals surface area contributed by atoms with Crippen molar-refractivity contribution in [3.63, 3.8) is 0 Å². The van der Waals surface area contributed by atoms with Crippen molar-refractivity contribution in [2.24, 2.45) is 0 Å². The van der Waals surface area contributed by atoms with E-state index in [2.05, 4.69) is 10.6 Å². The molecule has 9 heteroatoms. The lowest BCUT2D eigenvalue weighted by Crippen LogP contribution is -2.23. The summed E-state index contributed by atoms with van der Waals surface area (Å²) in [6, 6.07) is 3.48. The fraction of sp³-hybridized carbons (Fsp3) is 0.462. The summed E-state index contributed by atoms with van der Waals surface area (Å²) in [5, 5.41) is 27.2. The number of nitro benzene ring substituents is 2. The van der Waals surface area contributed by atoms with E-state index in [9.17, 15) is 25.0 Å². The minimum atomic E-state index is -0.673. The molecule has 0 aromatic heterocycles. The summed E-state index contributed by atoms with van der Waals surface area (Å²) in [5.41, 5.74) is -0.402. The average molecular weight is 310 g/mol. The predicted octanol–water partition coefficient (Wildman–Crippen LogP) is 2.22. The molecule has 1 rings (SSSR count). The predicted molar refractivity (Wildman–Crippen MR) is 80.8 cm³/mol. The van der Waals surface area contributed by atoms with Gasteiger partial charge in [0.15, 0.2) is 0 Å². The van der Waals surface area contributed by atoms with Crippen LogP contribution in [0.1, 0.15) is 26.2 Å². The van der Waals surface area contributed by atoms with Gasteiger partial charge in [0, 0.05) is 25.6 Å². The quantitative estimate of drug-likeness (QED) is 0.409. The van der Waals surface area contributed by atoms with E-state index in [1.807, 2.05) is 0 Å². The van der Waals surface area contributed by atoms with Gasteiger partial charge in [0.25, 0.3) is 11.4 Å². The van der Waals surface area contributed by atoms with Crippen molar-refractivity contribution in [3.05, 3.63) is 38.4 Å². The zero-order valence-electron chi connectivity index (χ0n) is 12.2. The summed E-state index contributed by atoms with van der Waals surface area (Å²) < 4.78 is 0. The maximum Gasteiger partial charge on any atom is 0.299 e. The van der Waals surface area contributed by atoms with E-state index >= 15 is 0 Å². The van der Waals surface area contributed by atoms with Gasteiger partial charge < -0.3 is 10.6 Å². The van der Waals surface area contributed by atoms with Crippen LogP contribution in [0.5, 0.6) is 0 Å². The number of amides is 1. The molecule has 0 fully saturated rings. The molecule has 9 nitrogen and oxygen atoms in total. The maximum atomic E-state index is 11.0. The maximum absolute atomic E-state index is 11.0. The number of anilines is 1. The van der Waals surface area contributed by atoms with Crippen molar-refractivity contribution in [3.8, 4) is 0 Å². The molecule has 1 aromatic carbocycles. The molecule has 0 heterocycles. The number of hydrogen-bond acceptors (Lipinski definition) is 6. The fourth-order valence-electron chi connectivity index (χ4n) is 1.76. The van der Waals surface area contributed by atoms with Crippen LogP contribution in [-0.2, 0) is 4.79 Å². The first kappa shape index (κ1) is 17.3. The SMILES string of the molecule is CCC(=O)NCCCCNc1ccc([N+](=O)[O-])cc1[N+](=O)[O-]. The van der Waals surface area contributed by atoms with Crippen LogP contribution in [0.15, 0.2) is 18.2 Å². The van der Waals surface area contributed by atoms with Gasteiger partial charge >= 0.3 is 0 Å². The number of benzene rings is 1. The van der Waals surface area contributed by atoms with E-state index in [4.69, 9.17) is 0 Å². The summed E-state index contributed by atoms with van der Waals surface area (Å²) >= 11 is 0. The molecule has 2 N–H and O–H groups in total. The van der Waals surface area contributed by atoms with E-state index in [0.717, 1.165) is 12.5 Å². The first-order valence-corrected chi connectivity index (χ1v) is 6.89. The Balaban J connectivity index is 2.50. The lowest BCUT2D eigenvalue weighted by atomic mass is 10.2. The summed E-state index contributed by atoms with van der Waals surface area (Å²) in [6.07, 6.45) is 1.88. The van der Waals surface area contributed by atoms with Gasteiger partial charge in [-0.05, 0) is 18.9 Å². The Morgan fingerprint density at radius 1 is 1.14 bits per heavy atom. The molecule has 120 valence electrons. The van der Waals surface area contributed by atoms with Crippen molar-refractivity contribution >= 4 is 23.0 Å². The lowest BCUT2D eigenvalue weighted by Gasteiger charge is -2.07. The Kier molecular flexibility index (Phi) is 6.74. The molecule has 0 aliphatic heterocycles. The third-order valence-electron chi connectivity index (χ3n) is 2.95. The molecule has 0 aliphatic rings. The van der Waals surface area contributed by atoms with Crippen LogP contribution >= 0.6 is 0 Å². The van der Waals surface area contributed by atoms with Crippen LogP contribution in [-0.4, -0.2) is 28.8 Å². The summed E-state index contributed by atoms with van der Waals surface area (Å²) in [5.74, 6) is -0.0148. The van der Waals surface area contributed by atoms with Crippen LogP contribution in [0.3, 0.4) is 0 Å². The van der Waals surface area contributed by atoms with Crippen molar-refractivity contribution < 1.29 is 14.6 Å². The zero-order chi connectivity index (χ0) is 16.5. The molecule has 0 unspecified atom stereocenters. The second kappa shape index (κ2) is 8.55. The Hall–Kier alpha value is -2.71. The Morgan fingerprint density at radius 2 is 1.82 bits per heavy atom. The lowest BCUT2D eigenvalue weighted by molar-refractivity contribution is -0.393. The Labute approximate surface area is 127 Å². The molecule has 0 bridgehead atoms. The monoisotopic (exact) mass is 310 g/mol. The third-order valence-corrected chi connectivity index (χ3v) is 2.95. The van der Waals surface area contributed by atoms with Crippen molar-refractivity contribution in [2.45, 2.75) is 26.2 Å². The fourth-order valence-corrected chi connectivity index (χ4v) is 1.76. The van der Waals surface area contributed by atoms with Crippen LogP contribution in [0.4, 0.5) is 17.1 Å². The number of non-ortho nitro benzene ring substituents is 1. The normalized spacial score (nSPS) is 10.0. The van der Waals surface area contributed by atoms with Gasteiger partial charge in [-0.15, -0.1) is 0 Å². The standard InChI is InChI=1S/C13H18N4O5/c1-2-13(18)15-8-4-3-7-14-11-6-5-10(16(19)20)9-12(11)17(21)22/h5-6,9,14H,2-4,7-8H2,1H3,(H,15,18). The number of nitrogens with zero attached hydrogens (tertiary/aromatic N) is 2. The van der Waals surface area contributed by atoms with Crippen LogP contribution in [0.25, 0.3) is 0 Å². The summed E-state index contributed by atoms with van der Waals surface area (Å²) in [6.45, 7) is 2.79. The highest BCUT2D eigenvalue weighted by Gasteiger charge is 2.18. The van der Waals surface area contributed by atoms with E-state index < -0.39 is 9.85 Å². The number of nitrogens with one attached hydrogen (secondary N) is 2. The molecule has 1 aromatic rings. The number of rotatable bonds is 9. The first-order chi connectivity index (χ1) is 10.5. The molecule has 1 amide bonds. The molecule has 0 radical (unpaired) electrons. The number of carbonyl (C=O) groups is 1. The van der Waals surface area contributed by atoms with Gasteiger partial charge in [-0.25, -0.2) is 0 Å². The summed E-state index contributed by atoms with van der Waals surface area (Å²) in [4.78, 5) is 31.2. The largest absolute Gasteiger partial charge is 0.379 e. The highest BCUT2D eigenvalue weighted by atomic mass is 16.6. The molecular formula is C13H18N4O5. The molecule has 0 spiro atoms. The molecule has 0 atom stereocenters. The molecule has 0 aliphatic carbocycles. The van der Waals surface area contributed by atoms with Gasteiger partial charge in [-0.3, -0.25) is 25.0 Å². The molecule has 0 saturated heterocycles. The van der Waals surface area contributed by atoms with Gasteiger partial charge in [0.1, 0.15) is 5.69 Å². The number of nitro groups is 2. The second-order valence-corrected chi connectivity index (χ2v) is 4.55. The second-order valence-electron chi connectivity index (χ2n) is 4.55. The van der Waals surface area contributed by atoms with E-state index in [1.165, 1.54) is 12.1 Å². The summed E-state index contributed by atoms with van der Waals surface area (Å²) in [7, 11) is 0. The van der Waals surface area contributed by atoms with Gasteiger partial charge in [-0.1, -0.05) is 6.92 Å². The Bertz CT molecular complexity index is 561. The van der Waals surface area contributed by atoms with Crippen LogP contribution in [0, 0.1) is 20.2 Å². The highest BCUT2D eigenvalue weighted by Crippen LogP contribution is 2.28. The molecular weight excluding hydrogens is 292 g/mol. The average Bonchev–Trinajstić information content (AvgIpc) is 2.50. The zero-order valence-corrected chi connectivity index (χ0v) is 12.2. The van der Waals surface area contributed by atoms with Gasteiger partial charge in [0.2, 0.25) is 5.91 Å². The van der Waals surface area contributed by atoms with Crippen molar-refractivity contribution in [1.82, 2.24) is 5.32 Å². The molecule has 0 saturated carbocycles. The van der Waals surface area contributed by atoms with E-state index in [-0.39, 0.29) is 23.0 Å². The Morgan fingerprint density at radius 3 is 2.41 bits per heavy atom. The minimum Gasteiger partial charge on any atom is -0.379 e. The molecule has 22 heavy (non-hydrogen) atoms. The number of unbranched alkanes of at least 4 members (excludes halogenated alkanes) is 1. The van der Waals surface area contributed by atoms with Crippen molar-refractivity contribution in [2.75, 3.05) is 18.4 Å². The van der Waals surface area contributed by atoms with Gasteiger partial charge in [-0.2, -0.15) is 0 Å². The third kappa shape index (κ3) is 5.35. The van der Waals surface area contributed by atoms with E-state index in [1.54, 1.807) is 6.92 Å².